The Morgan fingerprint density at radius 1 is 1.09 bits per heavy atom. The summed E-state index contributed by atoms with van der Waals surface area (Å²) in [6.45, 7) is 2.79. The molecule has 0 atom stereocenters. The third-order valence-corrected chi connectivity index (χ3v) is 5.64. The number of thiophene rings is 1. The number of furan rings is 1. The number of carbonyl (C=O) groups is 4. The maximum Gasteiger partial charge on any atom is 0.374 e. The standard InChI is InChI=1S/C22H22N2O7S/c1-5-29-22(28)17-12(2)18(20(26)24(3)4)32-19(17)23-16(25)11-30-21(27)15-10-13-8-6-7-9-14(13)31-15/h6-10H,5,11H2,1-4H3,(H,23,25). The summed E-state index contributed by atoms with van der Waals surface area (Å²) in [6, 6.07) is 8.59. The van der Waals surface area contributed by atoms with Gasteiger partial charge in [0.05, 0.1) is 17.0 Å². The summed E-state index contributed by atoms with van der Waals surface area (Å²) in [5, 5.41) is 3.42. The van der Waals surface area contributed by atoms with Crippen molar-refractivity contribution in [2.75, 3.05) is 32.6 Å². The van der Waals surface area contributed by atoms with E-state index >= 15 is 0 Å². The van der Waals surface area contributed by atoms with E-state index in [0.717, 1.165) is 16.7 Å². The predicted molar refractivity (Wildman–Crippen MR) is 118 cm³/mol. The van der Waals surface area contributed by atoms with Crippen LogP contribution in [0.4, 0.5) is 5.00 Å². The van der Waals surface area contributed by atoms with Gasteiger partial charge in [0.25, 0.3) is 11.8 Å². The molecule has 2 aromatic heterocycles. The second-order valence-corrected chi connectivity index (χ2v) is 7.97. The molecule has 2 amide bonds. The molecule has 2 heterocycles. The Balaban J connectivity index is 1.74. The molecule has 0 bridgehead atoms. The highest BCUT2D eigenvalue weighted by molar-refractivity contribution is 7.18. The molecule has 1 N–H and O–H groups in total. The Hall–Kier alpha value is -3.66. The maximum absolute atomic E-state index is 12.4. The number of para-hydroxylation sites is 1. The van der Waals surface area contributed by atoms with E-state index in [1.807, 2.05) is 0 Å². The molecule has 0 aliphatic rings. The van der Waals surface area contributed by atoms with Gasteiger partial charge < -0.3 is 24.1 Å². The number of esters is 2. The highest BCUT2D eigenvalue weighted by atomic mass is 32.1. The first-order valence-electron chi connectivity index (χ1n) is 9.70. The molecule has 0 saturated heterocycles. The van der Waals surface area contributed by atoms with Crippen molar-refractivity contribution < 1.29 is 33.1 Å². The van der Waals surface area contributed by atoms with E-state index in [1.165, 1.54) is 11.0 Å². The summed E-state index contributed by atoms with van der Waals surface area (Å²) in [5.74, 6) is -2.47. The fourth-order valence-corrected chi connectivity index (χ4v) is 4.14. The number of carbonyl (C=O) groups excluding carboxylic acids is 4. The van der Waals surface area contributed by atoms with Crippen molar-refractivity contribution in [2.24, 2.45) is 0 Å². The van der Waals surface area contributed by atoms with E-state index in [1.54, 1.807) is 52.2 Å². The molecule has 0 aliphatic heterocycles. The van der Waals surface area contributed by atoms with Crippen molar-refractivity contribution >= 4 is 51.1 Å². The van der Waals surface area contributed by atoms with Crippen LogP contribution in [-0.2, 0) is 14.3 Å². The van der Waals surface area contributed by atoms with Crippen LogP contribution in [0.2, 0.25) is 0 Å². The topological polar surface area (TPSA) is 115 Å². The van der Waals surface area contributed by atoms with Crippen molar-refractivity contribution in [3.05, 3.63) is 52.1 Å². The summed E-state index contributed by atoms with van der Waals surface area (Å²) >= 11 is 0.956. The molecule has 0 radical (unpaired) electrons. The highest BCUT2D eigenvalue weighted by Crippen LogP contribution is 2.34. The zero-order chi connectivity index (χ0) is 23.4. The largest absolute Gasteiger partial charge is 0.462 e. The van der Waals surface area contributed by atoms with E-state index in [9.17, 15) is 19.2 Å². The van der Waals surface area contributed by atoms with Gasteiger partial charge in [-0.25, -0.2) is 9.59 Å². The van der Waals surface area contributed by atoms with E-state index in [0.29, 0.717) is 16.0 Å². The molecule has 0 fully saturated rings. The molecule has 168 valence electrons. The first-order valence-corrected chi connectivity index (χ1v) is 10.5. The van der Waals surface area contributed by atoms with E-state index < -0.39 is 24.5 Å². The molecule has 0 unspecified atom stereocenters. The summed E-state index contributed by atoms with van der Waals surface area (Å²) in [7, 11) is 3.17. The number of hydrogen-bond donors (Lipinski definition) is 1. The average molecular weight is 458 g/mol. The predicted octanol–water partition coefficient (Wildman–Crippen LogP) is 3.48. The lowest BCUT2D eigenvalue weighted by molar-refractivity contribution is -0.119. The smallest absolute Gasteiger partial charge is 0.374 e. The van der Waals surface area contributed by atoms with Crippen molar-refractivity contribution in [2.45, 2.75) is 13.8 Å². The van der Waals surface area contributed by atoms with Crippen molar-refractivity contribution in [1.82, 2.24) is 4.90 Å². The Bertz CT molecular complexity index is 1160. The van der Waals surface area contributed by atoms with Crippen molar-refractivity contribution in [3.8, 4) is 0 Å². The van der Waals surface area contributed by atoms with Crippen LogP contribution in [0.15, 0.2) is 34.7 Å². The highest BCUT2D eigenvalue weighted by Gasteiger charge is 2.27. The van der Waals surface area contributed by atoms with Crippen LogP contribution in [0.1, 0.15) is 43.1 Å². The Morgan fingerprint density at radius 3 is 2.47 bits per heavy atom. The van der Waals surface area contributed by atoms with Gasteiger partial charge in [-0.15, -0.1) is 11.3 Å². The minimum atomic E-state index is -0.798. The first-order chi connectivity index (χ1) is 15.2. The number of rotatable bonds is 7. The van der Waals surface area contributed by atoms with Gasteiger partial charge >= 0.3 is 11.9 Å². The SMILES string of the molecule is CCOC(=O)c1c(NC(=O)COC(=O)c2cc3ccccc3o2)sc(C(=O)N(C)C)c1C. The van der Waals surface area contributed by atoms with Gasteiger partial charge in [0, 0.05) is 19.5 Å². The molecule has 0 spiro atoms. The molecule has 32 heavy (non-hydrogen) atoms. The summed E-state index contributed by atoms with van der Waals surface area (Å²) in [4.78, 5) is 51.2. The minimum Gasteiger partial charge on any atom is -0.462 e. The molecule has 10 heteroatoms. The van der Waals surface area contributed by atoms with Gasteiger partial charge in [0.15, 0.2) is 6.61 Å². The minimum absolute atomic E-state index is 0.0305. The molecule has 3 aromatic rings. The Labute approximate surface area is 187 Å². The maximum atomic E-state index is 12.4. The monoisotopic (exact) mass is 458 g/mol. The van der Waals surface area contributed by atoms with Crippen LogP contribution in [-0.4, -0.2) is 56.0 Å². The Kier molecular flexibility index (Phi) is 6.94. The molecule has 0 saturated carbocycles. The fourth-order valence-electron chi connectivity index (χ4n) is 2.91. The van der Waals surface area contributed by atoms with Gasteiger partial charge in [-0.3, -0.25) is 9.59 Å². The van der Waals surface area contributed by atoms with Gasteiger partial charge in [0.1, 0.15) is 10.6 Å². The zero-order valence-electron chi connectivity index (χ0n) is 18.0. The number of nitrogens with zero attached hydrogens (tertiary/aromatic N) is 1. The molecule has 9 nitrogen and oxygen atoms in total. The second kappa shape index (κ2) is 9.65. The molecule has 3 rings (SSSR count). The van der Waals surface area contributed by atoms with Gasteiger partial charge in [-0.1, -0.05) is 18.2 Å². The first kappa shape index (κ1) is 23.0. The number of benzene rings is 1. The van der Waals surface area contributed by atoms with Crippen LogP contribution in [0.5, 0.6) is 0 Å². The molecule has 0 aliphatic carbocycles. The number of hydrogen-bond acceptors (Lipinski definition) is 8. The number of nitrogens with one attached hydrogen (secondary N) is 1. The fraction of sp³-hybridized carbons (Fsp3) is 0.273. The lowest BCUT2D eigenvalue weighted by Gasteiger charge is -2.09. The number of amides is 2. The van der Waals surface area contributed by atoms with Crippen molar-refractivity contribution in [1.29, 1.82) is 0 Å². The Morgan fingerprint density at radius 2 is 1.81 bits per heavy atom. The number of ether oxygens (including phenoxy) is 2. The van der Waals surface area contributed by atoms with Crippen LogP contribution < -0.4 is 5.32 Å². The average Bonchev–Trinajstić information content (AvgIpc) is 3.32. The van der Waals surface area contributed by atoms with E-state index in [-0.39, 0.29) is 28.8 Å². The summed E-state index contributed by atoms with van der Waals surface area (Å²) < 4.78 is 15.5. The normalized spacial score (nSPS) is 10.6. The van der Waals surface area contributed by atoms with Crippen LogP contribution in [0, 0.1) is 6.92 Å². The van der Waals surface area contributed by atoms with Crippen LogP contribution in [0.3, 0.4) is 0 Å². The van der Waals surface area contributed by atoms with Crippen LogP contribution in [0.25, 0.3) is 11.0 Å². The molecular weight excluding hydrogens is 436 g/mol. The number of anilines is 1. The van der Waals surface area contributed by atoms with Crippen LogP contribution >= 0.6 is 11.3 Å². The van der Waals surface area contributed by atoms with Crippen molar-refractivity contribution in [3.63, 3.8) is 0 Å². The molecular formula is C22H22N2O7S. The summed E-state index contributed by atoms with van der Waals surface area (Å²) in [6.07, 6.45) is 0. The summed E-state index contributed by atoms with van der Waals surface area (Å²) in [5.41, 5.74) is 1.02. The lowest BCUT2D eigenvalue weighted by atomic mass is 10.1. The van der Waals surface area contributed by atoms with Gasteiger partial charge in [0.2, 0.25) is 5.76 Å². The van der Waals surface area contributed by atoms with Gasteiger partial charge in [-0.2, -0.15) is 0 Å². The number of fused-ring (bicyclic) bond motifs is 1. The van der Waals surface area contributed by atoms with Gasteiger partial charge in [-0.05, 0) is 31.5 Å². The quantitative estimate of drug-likeness (QED) is 0.539. The second-order valence-electron chi connectivity index (χ2n) is 6.95. The van der Waals surface area contributed by atoms with E-state index in [2.05, 4.69) is 5.32 Å². The lowest BCUT2D eigenvalue weighted by Crippen LogP contribution is -2.21. The van der Waals surface area contributed by atoms with E-state index in [4.69, 9.17) is 13.9 Å². The third kappa shape index (κ3) is 4.80. The molecule has 1 aromatic carbocycles. The zero-order valence-corrected chi connectivity index (χ0v) is 18.8. The third-order valence-electron chi connectivity index (χ3n) is 4.44.